The Morgan fingerprint density at radius 3 is 2.65 bits per heavy atom. The first-order chi connectivity index (χ1) is 9.61. The van der Waals surface area contributed by atoms with Crippen LogP contribution in [-0.2, 0) is 6.54 Å². The topological polar surface area (TPSA) is 61.4 Å². The van der Waals surface area contributed by atoms with Gasteiger partial charge < -0.3 is 15.7 Å². The summed E-state index contributed by atoms with van der Waals surface area (Å²) in [7, 11) is 1.86. The molecule has 104 valence electrons. The lowest BCUT2D eigenvalue weighted by Crippen LogP contribution is -2.15. The van der Waals surface area contributed by atoms with Gasteiger partial charge in [-0.2, -0.15) is 0 Å². The van der Waals surface area contributed by atoms with Crippen molar-refractivity contribution in [2.75, 3.05) is 12.4 Å². The van der Waals surface area contributed by atoms with Crippen LogP contribution >= 0.6 is 0 Å². The minimum absolute atomic E-state index is 0.126. The normalized spacial score (nSPS) is 10.3. The Hall–Kier alpha value is -2.33. The number of aromatic hydroxyl groups is 1. The molecule has 2 aromatic rings. The molecular formula is C16H18N2O2. The Labute approximate surface area is 118 Å². The van der Waals surface area contributed by atoms with E-state index in [1.165, 1.54) is 6.07 Å². The van der Waals surface area contributed by atoms with E-state index < -0.39 is 0 Å². The van der Waals surface area contributed by atoms with Gasteiger partial charge in [0.1, 0.15) is 5.75 Å². The summed E-state index contributed by atoms with van der Waals surface area (Å²) in [6, 6.07) is 12.5. The summed E-state index contributed by atoms with van der Waals surface area (Å²) in [5.41, 5.74) is 2.97. The van der Waals surface area contributed by atoms with Gasteiger partial charge in [-0.15, -0.1) is 0 Å². The molecule has 0 aliphatic heterocycles. The fourth-order valence-electron chi connectivity index (χ4n) is 1.93. The van der Waals surface area contributed by atoms with Gasteiger partial charge in [0.05, 0.1) is 0 Å². The molecule has 4 heteroatoms. The first-order valence-electron chi connectivity index (χ1n) is 6.45. The Bertz CT molecular complexity index is 624. The van der Waals surface area contributed by atoms with Crippen molar-refractivity contribution >= 4 is 11.6 Å². The summed E-state index contributed by atoms with van der Waals surface area (Å²) in [5.74, 6) is -0.106. The molecular weight excluding hydrogens is 252 g/mol. The second kappa shape index (κ2) is 6.21. The van der Waals surface area contributed by atoms with Crippen molar-refractivity contribution in [1.29, 1.82) is 0 Å². The van der Waals surface area contributed by atoms with Gasteiger partial charge in [0, 0.05) is 17.8 Å². The maximum Gasteiger partial charge on any atom is 0.255 e. The second-order valence-electron chi connectivity index (χ2n) is 4.64. The molecule has 3 N–H and O–H groups in total. The predicted octanol–water partition coefficient (Wildman–Crippen LogP) is 2.67. The molecule has 2 aromatic carbocycles. The third-order valence-corrected chi connectivity index (χ3v) is 3.10. The highest BCUT2D eigenvalue weighted by Gasteiger charge is 2.10. The van der Waals surface area contributed by atoms with Crippen LogP contribution in [0.5, 0.6) is 5.75 Å². The highest BCUT2D eigenvalue weighted by Crippen LogP contribution is 2.20. The summed E-state index contributed by atoms with van der Waals surface area (Å²) >= 11 is 0. The van der Waals surface area contributed by atoms with Gasteiger partial charge in [-0.25, -0.2) is 0 Å². The van der Waals surface area contributed by atoms with Gasteiger partial charge >= 0.3 is 0 Å². The van der Waals surface area contributed by atoms with Gasteiger partial charge in [0.25, 0.3) is 5.91 Å². The number of carbonyl (C=O) groups excluding carboxylic acids is 1. The van der Waals surface area contributed by atoms with E-state index in [1.54, 1.807) is 19.1 Å². The number of aryl methyl sites for hydroxylation is 1. The Balaban J connectivity index is 2.21. The van der Waals surface area contributed by atoms with Crippen LogP contribution in [0.3, 0.4) is 0 Å². The number of hydrogen-bond donors (Lipinski definition) is 3. The molecule has 0 aromatic heterocycles. The van der Waals surface area contributed by atoms with E-state index in [2.05, 4.69) is 10.6 Å². The standard InChI is InChI=1S/C16H18N2O2/c1-11-7-8-12(9-15(11)19)16(20)18-14-6-4-3-5-13(14)10-17-2/h3-9,17,19H,10H2,1-2H3,(H,18,20). The molecule has 0 saturated carbocycles. The number of hydrogen-bond acceptors (Lipinski definition) is 3. The summed E-state index contributed by atoms with van der Waals surface area (Å²) in [6.45, 7) is 2.47. The molecule has 2 rings (SSSR count). The zero-order chi connectivity index (χ0) is 14.5. The lowest BCUT2D eigenvalue weighted by molar-refractivity contribution is 0.102. The van der Waals surface area contributed by atoms with E-state index in [1.807, 2.05) is 31.3 Å². The van der Waals surface area contributed by atoms with Crippen LogP contribution in [0.2, 0.25) is 0 Å². The van der Waals surface area contributed by atoms with Crippen LogP contribution in [0.25, 0.3) is 0 Å². The summed E-state index contributed by atoms with van der Waals surface area (Å²) < 4.78 is 0. The molecule has 0 bridgehead atoms. The monoisotopic (exact) mass is 270 g/mol. The lowest BCUT2D eigenvalue weighted by Gasteiger charge is -2.11. The van der Waals surface area contributed by atoms with E-state index in [0.717, 1.165) is 16.8 Å². The third-order valence-electron chi connectivity index (χ3n) is 3.10. The number of phenolic OH excluding ortho intramolecular Hbond substituents is 1. The first kappa shape index (κ1) is 14.1. The van der Waals surface area contributed by atoms with Crippen molar-refractivity contribution in [3.05, 3.63) is 59.2 Å². The zero-order valence-electron chi connectivity index (χ0n) is 11.6. The average Bonchev–Trinajstić information content (AvgIpc) is 2.44. The molecule has 1 amide bonds. The summed E-state index contributed by atoms with van der Waals surface area (Å²) in [5, 5.41) is 15.6. The molecule has 0 spiro atoms. The Morgan fingerprint density at radius 1 is 1.20 bits per heavy atom. The molecule has 0 saturated heterocycles. The van der Waals surface area contributed by atoms with Crippen molar-refractivity contribution in [2.24, 2.45) is 0 Å². The molecule has 4 nitrogen and oxygen atoms in total. The van der Waals surface area contributed by atoms with Gasteiger partial charge in [0.2, 0.25) is 0 Å². The van der Waals surface area contributed by atoms with Gasteiger partial charge in [0.15, 0.2) is 0 Å². The summed E-state index contributed by atoms with van der Waals surface area (Å²) in [6.07, 6.45) is 0. The number of benzene rings is 2. The highest BCUT2D eigenvalue weighted by molar-refractivity contribution is 6.04. The van der Waals surface area contributed by atoms with Crippen LogP contribution in [0.15, 0.2) is 42.5 Å². The van der Waals surface area contributed by atoms with E-state index >= 15 is 0 Å². The van der Waals surface area contributed by atoms with E-state index in [0.29, 0.717) is 12.1 Å². The number of phenols is 1. The van der Waals surface area contributed by atoms with E-state index in [-0.39, 0.29) is 11.7 Å². The fraction of sp³-hybridized carbons (Fsp3) is 0.188. The largest absolute Gasteiger partial charge is 0.508 e. The van der Waals surface area contributed by atoms with Crippen LogP contribution in [0.4, 0.5) is 5.69 Å². The molecule has 0 heterocycles. The molecule has 0 atom stereocenters. The predicted molar refractivity (Wildman–Crippen MR) is 80.0 cm³/mol. The minimum atomic E-state index is -0.233. The van der Waals surface area contributed by atoms with Crippen molar-refractivity contribution in [3.63, 3.8) is 0 Å². The number of amides is 1. The van der Waals surface area contributed by atoms with E-state index in [9.17, 15) is 9.90 Å². The first-order valence-corrected chi connectivity index (χ1v) is 6.45. The number of para-hydroxylation sites is 1. The van der Waals surface area contributed by atoms with Crippen molar-refractivity contribution in [1.82, 2.24) is 5.32 Å². The SMILES string of the molecule is CNCc1ccccc1NC(=O)c1ccc(C)c(O)c1. The Kier molecular flexibility index (Phi) is 4.38. The minimum Gasteiger partial charge on any atom is -0.508 e. The quantitative estimate of drug-likeness (QED) is 0.800. The number of nitrogens with one attached hydrogen (secondary N) is 2. The lowest BCUT2D eigenvalue weighted by atomic mass is 10.1. The Morgan fingerprint density at radius 2 is 1.95 bits per heavy atom. The molecule has 0 unspecified atom stereocenters. The number of anilines is 1. The smallest absolute Gasteiger partial charge is 0.255 e. The van der Waals surface area contributed by atoms with Gasteiger partial charge in [-0.1, -0.05) is 24.3 Å². The molecule has 0 aliphatic rings. The number of rotatable bonds is 4. The van der Waals surface area contributed by atoms with Gasteiger partial charge in [-0.3, -0.25) is 4.79 Å². The van der Waals surface area contributed by atoms with Crippen molar-refractivity contribution < 1.29 is 9.90 Å². The third kappa shape index (κ3) is 3.16. The van der Waals surface area contributed by atoms with Crippen molar-refractivity contribution in [3.8, 4) is 5.75 Å². The fourth-order valence-corrected chi connectivity index (χ4v) is 1.93. The molecule has 20 heavy (non-hydrogen) atoms. The van der Waals surface area contributed by atoms with E-state index in [4.69, 9.17) is 0 Å². The highest BCUT2D eigenvalue weighted by atomic mass is 16.3. The average molecular weight is 270 g/mol. The van der Waals surface area contributed by atoms with Crippen LogP contribution in [0.1, 0.15) is 21.5 Å². The van der Waals surface area contributed by atoms with Crippen molar-refractivity contribution in [2.45, 2.75) is 13.5 Å². The second-order valence-corrected chi connectivity index (χ2v) is 4.64. The van der Waals surface area contributed by atoms with Crippen LogP contribution < -0.4 is 10.6 Å². The maximum atomic E-state index is 12.2. The molecule has 0 radical (unpaired) electrons. The molecule has 0 aliphatic carbocycles. The number of carbonyl (C=O) groups is 1. The van der Waals surface area contributed by atoms with Crippen LogP contribution in [0, 0.1) is 6.92 Å². The van der Waals surface area contributed by atoms with Gasteiger partial charge in [-0.05, 0) is 43.3 Å². The zero-order valence-corrected chi connectivity index (χ0v) is 11.6. The summed E-state index contributed by atoms with van der Waals surface area (Å²) in [4.78, 5) is 12.2. The maximum absolute atomic E-state index is 12.2. The van der Waals surface area contributed by atoms with Crippen LogP contribution in [-0.4, -0.2) is 18.1 Å². The molecule has 0 fully saturated rings.